The molecule has 1 atom stereocenters. The summed E-state index contributed by atoms with van der Waals surface area (Å²) in [5, 5.41) is 23.2. The summed E-state index contributed by atoms with van der Waals surface area (Å²) < 4.78 is 0. The molecule has 3 nitrogen and oxygen atoms in total. The van der Waals surface area contributed by atoms with Gasteiger partial charge >= 0.3 is 0 Å². The van der Waals surface area contributed by atoms with E-state index in [0.717, 1.165) is 12.0 Å². The van der Waals surface area contributed by atoms with Crippen LogP contribution in [0.5, 0.6) is 5.75 Å². The largest absolute Gasteiger partial charge is 0.507 e. The molecule has 0 aliphatic heterocycles. The summed E-state index contributed by atoms with van der Waals surface area (Å²) in [6, 6.07) is 15.1. The molecule has 0 amide bonds. The third-order valence-electron chi connectivity index (χ3n) is 4.73. The molecule has 1 unspecified atom stereocenters. The van der Waals surface area contributed by atoms with Crippen LogP contribution in [-0.2, 0) is 0 Å². The van der Waals surface area contributed by atoms with Crippen LogP contribution in [-0.4, -0.2) is 16.0 Å². The van der Waals surface area contributed by atoms with Crippen molar-refractivity contribution in [2.45, 2.75) is 58.3 Å². The summed E-state index contributed by atoms with van der Waals surface area (Å²) in [6.45, 7) is 4.45. The normalized spacial score (nSPS) is 13.0. The number of phenols is 1. The molecule has 0 radical (unpaired) electrons. The average molecular weight is 339 g/mol. The minimum atomic E-state index is 0.135. The molecule has 0 saturated carbocycles. The Labute approximate surface area is 151 Å². The monoisotopic (exact) mass is 339 g/mol. The van der Waals surface area contributed by atoms with Crippen molar-refractivity contribution in [1.82, 2.24) is 0 Å². The van der Waals surface area contributed by atoms with Gasteiger partial charge in [0.15, 0.2) is 0 Å². The van der Waals surface area contributed by atoms with E-state index in [1.54, 1.807) is 6.07 Å². The first-order valence-corrected chi connectivity index (χ1v) is 9.28. The van der Waals surface area contributed by atoms with Gasteiger partial charge in [-0.15, -0.1) is 0 Å². The maximum atomic E-state index is 10.3. The molecule has 2 aromatic rings. The number of benzene rings is 2. The fourth-order valence-electron chi connectivity index (χ4n) is 3.13. The first kappa shape index (κ1) is 19.0. The molecule has 0 heterocycles. The van der Waals surface area contributed by atoms with Crippen LogP contribution in [0, 0.1) is 0 Å². The van der Waals surface area contributed by atoms with E-state index in [-0.39, 0.29) is 5.75 Å². The van der Waals surface area contributed by atoms with Gasteiger partial charge in [-0.3, -0.25) is 0 Å². The predicted octanol–water partition coefficient (Wildman–Crippen LogP) is 6.08. The van der Waals surface area contributed by atoms with E-state index in [4.69, 9.17) is 0 Å². The highest BCUT2D eigenvalue weighted by Crippen LogP contribution is 2.28. The summed E-state index contributed by atoms with van der Waals surface area (Å²) in [4.78, 5) is 0. The predicted molar refractivity (Wildman–Crippen MR) is 104 cm³/mol. The van der Waals surface area contributed by atoms with Crippen molar-refractivity contribution in [3.05, 3.63) is 65.2 Å². The Bertz CT molecular complexity index is 680. The molecule has 0 spiro atoms. The molecule has 0 aliphatic rings. The van der Waals surface area contributed by atoms with Gasteiger partial charge in [-0.2, -0.15) is 0 Å². The van der Waals surface area contributed by atoms with Crippen molar-refractivity contribution >= 4 is 5.71 Å². The molecular formula is C22H29NO2. The zero-order valence-corrected chi connectivity index (χ0v) is 15.3. The number of phenolic OH excluding ortho intramolecular Hbond substituents is 1. The molecule has 25 heavy (non-hydrogen) atoms. The third kappa shape index (κ3) is 5.35. The number of aromatic hydroxyl groups is 1. The maximum absolute atomic E-state index is 10.3. The minimum absolute atomic E-state index is 0.135. The summed E-state index contributed by atoms with van der Waals surface area (Å²) in [7, 11) is 0. The molecule has 2 aromatic carbocycles. The van der Waals surface area contributed by atoms with Crippen LogP contribution in [0.15, 0.2) is 53.7 Å². The van der Waals surface area contributed by atoms with Gasteiger partial charge < -0.3 is 10.3 Å². The van der Waals surface area contributed by atoms with E-state index >= 15 is 0 Å². The summed E-state index contributed by atoms with van der Waals surface area (Å²) >= 11 is 0. The first-order chi connectivity index (χ1) is 12.2. The van der Waals surface area contributed by atoms with Gasteiger partial charge in [0.1, 0.15) is 11.5 Å². The van der Waals surface area contributed by atoms with E-state index in [1.165, 1.54) is 37.7 Å². The number of oxime groups is 1. The van der Waals surface area contributed by atoms with Crippen LogP contribution >= 0.6 is 0 Å². The van der Waals surface area contributed by atoms with Gasteiger partial charge in [-0.25, -0.2) is 0 Å². The lowest BCUT2D eigenvalue weighted by Gasteiger charge is -2.15. The van der Waals surface area contributed by atoms with E-state index in [0.29, 0.717) is 17.2 Å². The van der Waals surface area contributed by atoms with E-state index in [9.17, 15) is 10.3 Å². The Morgan fingerprint density at radius 3 is 2.40 bits per heavy atom. The lowest BCUT2D eigenvalue weighted by atomic mass is 9.91. The zero-order chi connectivity index (χ0) is 18.1. The smallest absolute Gasteiger partial charge is 0.125 e. The first-order valence-electron chi connectivity index (χ1n) is 9.28. The molecule has 3 heteroatoms. The standard InChI is InChI=1S/C22H29NO2/c1-3-4-5-6-8-11-17(2)19-14-15-21(24)20(16-19)22(23-25)18-12-9-7-10-13-18/h7,9-10,12-17,24-25H,3-6,8,11H2,1-2H3. The Morgan fingerprint density at radius 1 is 1.00 bits per heavy atom. The van der Waals surface area contributed by atoms with Crippen molar-refractivity contribution in [3.8, 4) is 5.75 Å². The topological polar surface area (TPSA) is 52.8 Å². The van der Waals surface area contributed by atoms with Gasteiger partial charge in [0.2, 0.25) is 0 Å². The lowest BCUT2D eigenvalue weighted by molar-refractivity contribution is 0.319. The molecule has 0 aromatic heterocycles. The second-order valence-electron chi connectivity index (χ2n) is 6.70. The SMILES string of the molecule is CCCCCCCC(C)c1ccc(O)c(C(=NO)c2ccccc2)c1. The van der Waals surface area contributed by atoms with Crippen molar-refractivity contribution in [3.63, 3.8) is 0 Å². The van der Waals surface area contributed by atoms with Crippen LogP contribution in [0.2, 0.25) is 0 Å². The zero-order valence-electron chi connectivity index (χ0n) is 15.3. The lowest BCUT2D eigenvalue weighted by Crippen LogP contribution is -2.05. The Kier molecular flexibility index (Phi) is 7.52. The molecule has 2 N–H and O–H groups in total. The second-order valence-corrected chi connectivity index (χ2v) is 6.70. The van der Waals surface area contributed by atoms with Crippen LogP contribution in [0.25, 0.3) is 0 Å². The maximum Gasteiger partial charge on any atom is 0.125 e. The number of hydrogen-bond acceptors (Lipinski definition) is 3. The fraction of sp³-hybridized carbons (Fsp3) is 0.409. The second kappa shape index (κ2) is 9.87. The van der Waals surface area contributed by atoms with Crippen molar-refractivity contribution in [2.75, 3.05) is 0 Å². The summed E-state index contributed by atoms with van der Waals surface area (Å²) in [5.41, 5.74) is 2.92. The average Bonchev–Trinajstić information content (AvgIpc) is 2.64. The molecular weight excluding hydrogens is 310 g/mol. The molecule has 0 saturated heterocycles. The Morgan fingerprint density at radius 2 is 1.72 bits per heavy atom. The van der Waals surface area contributed by atoms with Crippen LogP contribution in [0.3, 0.4) is 0 Å². The van der Waals surface area contributed by atoms with Gasteiger partial charge in [0, 0.05) is 11.1 Å². The molecule has 0 fully saturated rings. The number of hydrogen-bond donors (Lipinski definition) is 2. The number of unbranched alkanes of at least 4 members (excludes halogenated alkanes) is 4. The van der Waals surface area contributed by atoms with Crippen molar-refractivity contribution in [1.29, 1.82) is 0 Å². The van der Waals surface area contributed by atoms with Crippen LogP contribution in [0.4, 0.5) is 0 Å². The van der Waals surface area contributed by atoms with Crippen molar-refractivity contribution in [2.24, 2.45) is 5.16 Å². The fourth-order valence-corrected chi connectivity index (χ4v) is 3.13. The summed E-state index contributed by atoms with van der Waals surface area (Å²) in [5.74, 6) is 0.548. The van der Waals surface area contributed by atoms with Crippen LogP contribution in [0.1, 0.15) is 75.0 Å². The quantitative estimate of drug-likeness (QED) is 0.252. The number of nitrogens with zero attached hydrogens (tertiary/aromatic N) is 1. The van der Waals surface area contributed by atoms with Gasteiger partial charge in [-0.1, -0.05) is 87.5 Å². The Hall–Kier alpha value is -2.29. The molecule has 134 valence electrons. The molecule has 2 rings (SSSR count). The van der Waals surface area contributed by atoms with Gasteiger partial charge in [0.25, 0.3) is 0 Å². The highest BCUT2D eigenvalue weighted by atomic mass is 16.4. The molecule has 0 aliphatic carbocycles. The van der Waals surface area contributed by atoms with E-state index < -0.39 is 0 Å². The van der Waals surface area contributed by atoms with Crippen molar-refractivity contribution < 1.29 is 10.3 Å². The molecule has 0 bridgehead atoms. The highest BCUT2D eigenvalue weighted by Gasteiger charge is 2.15. The number of rotatable bonds is 9. The van der Waals surface area contributed by atoms with E-state index in [1.807, 2.05) is 42.5 Å². The Balaban J connectivity index is 2.14. The van der Waals surface area contributed by atoms with Gasteiger partial charge in [-0.05, 0) is 30.0 Å². The summed E-state index contributed by atoms with van der Waals surface area (Å²) in [6.07, 6.45) is 7.50. The van der Waals surface area contributed by atoms with Crippen LogP contribution < -0.4 is 0 Å². The van der Waals surface area contributed by atoms with Gasteiger partial charge in [0.05, 0.1) is 0 Å². The van der Waals surface area contributed by atoms with E-state index in [2.05, 4.69) is 19.0 Å². The highest BCUT2D eigenvalue weighted by molar-refractivity contribution is 6.14. The minimum Gasteiger partial charge on any atom is -0.507 e. The third-order valence-corrected chi connectivity index (χ3v) is 4.73.